The van der Waals surface area contributed by atoms with E-state index in [0.29, 0.717) is 0 Å². The first-order valence-electron chi connectivity index (χ1n) is 8.89. The molecule has 140 valence electrons. The van der Waals surface area contributed by atoms with E-state index in [1.807, 2.05) is 26.2 Å². The van der Waals surface area contributed by atoms with Crippen molar-refractivity contribution in [3.63, 3.8) is 0 Å². The fraction of sp³-hybridized carbons (Fsp3) is 0.600. The van der Waals surface area contributed by atoms with E-state index in [0.717, 1.165) is 23.5 Å². The van der Waals surface area contributed by atoms with Crippen molar-refractivity contribution in [2.24, 2.45) is 0 Å². The maximum absolute atomic E-state index is 6.59. The zero-order chi connectivity index (χ0) is 18.8. The van der Waals surface area contributed by atoms with E-state index in [9.17, 15) is 0 Å². The van der Waals surface area contributed by atoms with Crippen LogP contribution in [-0.4, -0.2) is 40.7 Å². The quantitative estimate of drug-likeness (QED) is 0.693. The number of methoxy groups -OCH3 is 1. The normalized spacial score (nSPS) is 21.9. The molecule has 25 heavy (non-hydrogen) atoms. The van der Waals surface area contributed by atoms with Crippen molar-refractivity contribution < 1.29 is 13.9 Å². The van der Waals surface area contributed by atoms with E-state index in [-0.39, 0.29) is 17.4 Å². The van der Waals surface area contributed by atoms with Crippen LogP contribution < -0.4 is 4.74 Å². The van der Waals surface area contributed by atoms with Gasteiger partial charge >= 0.3 is 0 Å². The molecule has 0 saturated heterocycles. The minimum atomic E-state index is -1.86. The Morgan fingerprint density at radius 2 is 1.72 bits per heavy atom. The third-order valence-corrected chi connectivity index (χ3v) is 9.59. The minimum absolute atomic E-state index is 0.0110. The van der Waals surface area contributed by atoms with E-state index < -0.39 is 8.32 Å². The van der Waals surface area contributed by atoms with Gasteiger partial charge in [0.1, 0.15) is 12.0 Å². The van der Waals surface area contributed by atoms with Crippen LogP contribution in [0, 0.1) is 0 Å². The molecule has 1 aliphatic heterocycles. The Bertz CT molecular complexity index is 602. The van der Waals surface area contributed by atoms with Gasteiger partial charge in [0.2, 0.25) is 8.32 Å². The first-order chi connectivity index (χ1) is 11.5. The molecule has 2 atom stereocenters. The van der Waals surface area contributed by atoms with Gasteiger partial charge in [-0.3, -0.25) is 4.90 Å². The zero-order valence-electron chi connectivity index (χ0n) is 16.9. The van der Waals surface area contributed by atoms with Crippen LogP contribution in [0.3, 0.4) is 0 Å². The van der Waals surface area contributed by atoms with Gasteiger partial charge in [0.15, 0.2) is 0 Å². The van der Waals surface area contributed by atoms with Gasteiger partial charge in [-0.2, -0.15) is 0 Å². The molecule has 1 heterocycles. The highest BCUT2D eigenvalue weighted by Gasteiger charge is 2.40. The van der Waals surface area contributed by atoms with Gasteiger partial charge in [-0.1, -0.05) is 32.9 Å². The van der Waals surface area contributed by atoms with E-state index in [4.69, 9.17) is 13.9 Å². The molecule has 0 aromatic heterocycles. The average Bonchev–Trinajstić information content (AvgIpc) is 2.53. The third kappa shape index (κ3) is 4.87. The van der Waals surface area contributed by atoms with Gasteiger partial charge < -0.3 is 13.9 Å². The SMILES string of the molecule is COc1ccc(C2CC(O[Si](C)(C)C(C)(C)C)=C[C@H](N(C)C)O2)cc1. The summed E-state index contributed by atoms with van der Waals surface area (Å²) in [6, 6.07) is 8.11. The molecule has 0 saturated carbocycles. The highest BCUT2D eigenvalue weighted by molar-refractivity contribution is 6.74. The van der Waals surface area contributed by atoms with Gasteiger partial charge in [0, 0.05) is 6.42 Å². The smallest absolute Gasteiger partial charge is 0.250 e. The molecule has 0 bridgehead atoms. The second-order valence-corrected chi connectivity index (χ2v) is 13.2. The minimum Gasteiger partial charge on any atom is -0.547 e. The molecule has 1 unspecified atom stereocenters. The molecule has 4 nitrogen and oxygen atoms in total. The summed E-state index contributed by atoms with van der Waals surface area (Å²) < 4.78 is 18.1. The lowest BCUT2D eigenvalue weighted by Crippen LogP contribution is -2.42. The second kappa shape index (κ2) is 7.52. The van der Waals surface area contributed by atoms with Crippen molar-refractivity contribution in [1.29, 1.82) is 0 Å². The van der Waals surface area contributed by atoms with E-state index in [1.165, 1.54) is 0 Å². The van der Waals surface area contributed by atoms with Crippen LogP contribution in [0.15, 0.2) is 36.1 Å². The lowest BCUT2D eigenvalue weighted by atomic mass is 10.0. The molecule has 0 N–H and O–H groups in total. The largest absolute Gasteiger partial charge is 0.547 e. The maximum Gasteiger partial charge on any atom is 0.250 e. The molecule has 0 aliphatic carbocycles. The van der Waals surface area contributed by atoms with Crippen molar-refractivity contribution in [3.05, 3.63) is 41.7 Å². The first kappa shape index (κ1) is 20.0. The number of likely N-dealkylation sites (N-methyl/N-ethyl adjacent to an activating group) is 1. The number of ether oxygens (including phenoxy) is 2. The van der Waals surface area contributed by atoms with Gasteiger partial charge in [0.05, 0.1) is 19.0 Å². The number of hydrogen-bond acceptors (Lipinski definition) is 4. The molecular formula is C20H33NO3Si. The molecule has 0 amide bonds. The molecule has 2 rings (SSSR count). The van der Waals surface area contributed by atoms with Crippen LogP contribution in [0.25, 0.3) is 0 Å². The number of nitrogens with zero attached hydrogens (tertiary/aromatic N) is 1. The van der Waals surface area contributed by atoms with Gasteiger partial charge in [-0.05, 0) is 56.0 Å². The summed E-state index contributed by atoms with van der Waals surface area (Å²) in [5, 5.41) is 0.176. The summed E-state index contributed by atoms with van der Waals surface area (Å²) in [6.07, 6.45) is 2.80. The highest BCUT2D eigenvalue weighted by atomic mass is 28.4. The summed E-state index contributed by atoms with van der Waals surface area (Å²) in [6.45, 7) is 11.4. The van der Waals surface area contributed by atoms with Crippen molar-refractivity contribution in [1.82, 2.24) is 4.90 Å². The van der Waals surface area contributed by atoms with Crippen LogP contribution in [0.2, 0.25) is 18.1 Å². The fourth-order valence-electron chi connectivity index (χ4n) is 2.51. The van der Waals surface area contributed by atoms with Crippen LogP contribution in [0.5, 0.6) is 5.75 Å². The average molecular weight is 364 g/mol. The molecule has 1 aromatic rings. The summed E-state index contributed by atoms with van der Waals surface area (Å²) in [4.78, 5) is 2.07. The highest BCUT2D eigenvalue weighted by Crippen LogP contribution is 2.41. The monoisotopic (exact) mass is 363 g/mol. The van der Waals surface area contributed by atoms with E-state index in [2.05, 4.69) is 57.0 Å². The predicted molar refractivity (Wildman–Crippen MR) is 105 cm³/mol. The maximum atomic E-state index is 6.59. The Kier molecular flexibility index (Phi) is 6.02. The van der Waals surface area contributed by atoms with Gasteiger partial charge in [-0.25, -0.2) is 0 Å². The van der Waals surface area contributed by atoms with Crippen molar-refractivity contribution >= 4 is 8.32 Å². The Balaban J connectivity index is 2.24. The molecule has 5 heteroatoms. The van der Waals surface area contributed by atoms with Crippen molar-refractivity contribution in [2.75, 3.05) is 21.2 Å². The first-order valence-corrected chi connectivity index (χ1v) is 11.8. The molecule has 0 spiro atoms. The number of hydrogen-bond donors (Lipinski definition) is 0. The Morgan fingerprint density at radius 3 is 2.20 bits per heavy atom. The lowest BCUT2D eigenvalue weighted by molar-refractivity contribution is -0.0707. The predicted octanol–water partition coefficient (Wildman–Crippen LogP) is 4.95. The molecule has 1 aromatic carbocycles. The summed E-state index contributed by atoms with van der Waals surface area (Å²) in [5.74, 6) is 1.91. The van der Waals surface area contributed by atoms with Crippen LogP contribution >= 0.6 is 0 Å². The summed E-state index contributed by atoms with van der Waals surface area (Å²) in [7, 11) is 3.88. The second-order valence-electron chi connectivity index (χ2n) is 8.45. The van der Waals surface area contributed by atoms with Crippen LogP contribution in [0.1, 0.15) is 38.9 Å². The standard InChI is InChI=1S/C20H33NO3Si/c1-20(2,3)25(7,8)24-17-13-18(23-19(14-17)21(4)5)15-9-11-16(22-6)12-10-15/h9-12,14,18-19H,13H2,1-8H3/t18?,19-/m1/s1. The zero-order valence-corrected chi connectivity index (χ0v) is 17.9. The van der Waals surface area contributed by atoms with Crippen molar-refractivity contribution in [2.45, 2.75) is 57.7 Å². The number of benzene rings is 1. The molecule has 1 aliphatic rings. The summed E-state index contributed by atoms with van der Waals surface area (Å²) >= 11 is 0. The summed E-state index contributed by atoms with van der Waals surface area (Å²) in [5.41, 5.74) is 1.15. The van der Waals surface area contributed by atoms with E-state index in [1.54, 1.807) is 7.11 Å². The van der Waals surface area contributed by atoms with Crippen LogP contribution in [0.4, 0.5) is 0 Å². The van der Waals surface area contributed by atoms with E-state index >= 15 is 0 Å². The topological polar surface area (TPSA) is 30.9 Å². The Hall–Kier alpha value is -1.30. The van der Waals surface area contributed by atoms with Crippen molar-refractivity contribution in [3.8, 4) is 5.75 Å². The van der Waals surface area contributed by atoms with Gasteiger partial charge in [-0.15, -0.1) is 0 Å². The Morgan fingerprint density at radius 1 is 1.12 bits per heavy atom. The third-order valence-electron chi connectivity index (χ3n) is 5.21. The van der Waals surface area contributed by atoms with Crippen LogP contribution in [-0.2, 0) is 9.16 Å². The Labute approximate surface area is 153 Å². The fourth-order valence-corrected chi connectivity index (χ4v) is 3.62. The molecular weight excluding hydrogens is 330 g/mol. The lowest BCUT2D eigenvalue weighted by Gasteiger charge is -2.40. The molecule has 0 radical (unpaired) electrons. The van der Waals surface area contributed by atoms with Gasteiger partial charge in [0.25, 0.3) is 0 Å². The number of rotatable bonds is 5. The molecule has 0 fully saturated rings.